The predicted octanol–water partition coefficient (Wildman–Crippen LogP) is 4.40. The van der Waals surface area contributed by atoms with Crippen LogP contribution in [0.25, 0.3) is 22.0 Å². The maximum Gasteiger partial charge on any atom is 0.259 e. The van der Waals surface area contributed by atoms with Gasteiger partial charge in [0.1, 0.15) is 0 Å². The Morgan fingerprint density at radius 1 is 1.24 bits per heavy atom. The lowest BCUT2D eigenvalue weighted by Crippen LogP contribution is -2.36. The van der Waals surface area contributed by atoms with E-state index in [1.807, 2.05) is 17.9 Å². The van der Waals surface area contributed by atoms with Gasteiger partial charge in [0.05, 0.1) is 16.6 Å². The highest BCUT2D eigenvalue weighted by molar-refractivity contribution is 6.06. The van der Waals surface area contributed by atoms with E-state index in [0.717, 1.165) is 41.6 Å². The molecule has 1 aliphatic carbocycles. The van der Waals surface area contributed by atoms with Crippen LogP contribution in [-0.4, -0.2) is 32.5 Å². The van der Waals surface area contributed by atoms with Crippen LogP contribution in [-0.2, 0) is 13.0 Å². The van der Waals surface area contributed by atoms with Crippen molar-refractivity contribution in [1.29, 1.82) is 0 Å². The molecule has 6 nitrogen and oxygen atoms in total. The smallest absolute Gasteiger partial charge is 0.259 e. The Kier molecular flexibility index (Phi) is 3.43. The molecule has 1 aromatic carbocycles. The highest BCUT2D eigenvalue weighted by atomic mass is 16.5. The number of benzene rings is 1. The summed E-state index contributed by atoms with van der Waals surface area (Å²) in [6.45, 7) is 5.29. The van der Waals surface area contributed by atoms with Crippen molar-refractivity contribution in [2.24, 2.45) is 0 Å². The van der Waals surface area contributed by atoms with Crippen LogP contribution in [0.2, 0.25) is 0 Å². The monoisotopic (exact) mass is 386 g/mol. The summed E-state index contributed by atoms with van der Waals surface area (Å²) in [6, 6.07) is 8.43. The summed E-state index contributed by atoms with van der Waals surface area (Å²) < 4.78 is 5.42. The molecular weight excluding hydrogens is 364 g/mol. The average molecular weight is 386 g/mol. The summed E-state index contributed by atoms with van der Waals surface area (Å²) in [4.78, 5) is 23.7. The Bertz CT molecular complexity index is 1300. The van der Waals surface area contributed by atoms with Crippen LogP contribution >= 0.6 is 0 Å². The molecule has 1 saturated carbocycles. The SMILES string of the molecule is Cc1ccc2[nH]c3c(c2c1)CN(C(=O)c1cc(C2CC2)nc2onc(C)c12)CC3. The molecule has 1 amide bonds. The molecule has 0 bridgehead atoms. The van der Waals surface area contributed by atoms with E-state index in [-0.39, 0.29) is 5.91 Å². The first-order chi connectivity index (χ1) is 14.1. The fourth-order valence-corrected chi connectivity index (χ4v) is 4.54. The van der Waals surface area contributed by atoms with Gasteiger partial charge in [-0.15, -0.1) is 0 Å². The minimum Gasteiger partial charge on any atom is -0.358 e. The van der Waals surface area contributed by atoms with Crippen LogP contribution < -0.4 is 0 Å². The number of aromatic nitrogens is 3. The quantitative estimate of drug-likeness (QED) is 0.554. The maximum atomic E-state index is 13.6. The van der Waals surface area contributed by atoms with Crippen LogP contribution in [0.15, 0.2) is 28.8 Å². The minimum atomic E-state index is 0.0400. The van der Waals surface area contributed by atoms with Gasteiger partial charge in [-0.3, -0.25) is 4.79 Å². The molecule has 6 heteroatoms. The third kappa shape index (κ3) is 2.58. The second-order valence-electron chi connectivity index (χ2n) is 8.42. The lowest BCUT2D eigenvalue weighted by atomic mass is 10.0. The number of nitrogens with zero attached hydrogens (tertiary/aromatic N) is 3. The predicted molar refractivity (Wildman–Crippen MR) is 110 cm³/mol. The van der Waals surface area contributed by atoms with Gasteiger partial charge < -0.3 is 14.4 Å². The van der Waals surface area contributed by atoms with Crippen LogP contribution in [0, 0.1) is 13.8 Å². The molecule has 0 radical (unpaired) electrons. The molecule has 0 saturated heterocycles. The molecule has 3 aromatic heterocycles. The molecule has 29 heavy (non-hydrogen) atoms. The first-order valence-corrected chi connectivity index (χ1v) is 10.2. The zero-order chi connectivity index (χ0) is 19.7. The summed E-state index contributed by atoms with van der Waals surface area (Å²) in [6.07, 6.45) is 3.09. The number of pyridine rings is 1. The summed E-state index contributed by atoms with van der Waals surface area (Å²) >= 11 is 0. The minimum absolute atomic E-state index is 0.0400. The van der Waals surface area contributed by atoms with Gasteiger partial charge in [0.2, 0.25) is 0 Å². The van der Waals surface area contributed by atoms with E-state index >= 15 is 0 Å². The van der Waals surface area contributed by atoms with Crippen molar-refractivity contribution in [3.05, 3.63) is 58.0 Å². The highest BCUT2D eigenvalue weighted by Crippen LogP contribution is 2.41. The zero-order valence-electron chi connectivity index (χ0n) is 16.6. The van der Waals surface area contributed by atoms with Gasteiger partial charge in [-0.1, -0.05) is 16.8 Å². The highest BCUT2D eigenvalue weighted by Gasteiger charge is 2.31. The summed E-state index contributed by atoms with van der Waals surface area (Å²) in [7, 11) is 0. The molecule has 0 atom stereocenters. The molecular formula is C23H22N4O2. The van der Waals surface area contributed by atoms with Crippen LogP contribution in [0.3, 0.4) is 0 Å². The van der Waals surface area contributed by atoms with E-state index in [1.54, 1.807) is 0 Å². The first kappa shape index (κ1) is 16.8. The third-order valence-corrected chi connectivity index (χ3v) is 6.28. The van der Waals surface area contributed by atoms with E-state index in [4.69, 9.17) is 4.52 Å². The molecule has 1 fully saturated rings. The number of rotatable bonds is 2. The Morgan fingerprint density at radius 3 is 2.93 bits per heavy atom. The van der Waals surface area contributed by atoms with Crippen molar-refractivity contribution in [3.8, 4) is 0 Å². The first-order valence-electron chi connectivity index (χ1n) is 10.2. The number of aromatic amines is 1. The lowest BCUT2D eigenvalue weighted by molar-refractivity contribution is 0.0737. The van der Waals surface area contributed by atoms with Gasteiger partial charge >= 0.3 is 0 Å². The summed E-state index contributed by atoms with van der Waals surface area (Å²) in [5.74, 6) is 0.485. The van der Waals surface area contributed by atoms with E-state index in [2.05, 4.69) is 40.2 Å². The number of carbonyl (C=O) groups is 1. The van der Waals surface area contributed by atoms with Crippen LogP contribution in [0.4, 0.5) is 0 Å². The molecule has 0 unspecified atom stereocenters. The van der Waals surface area contributed by atoms with Gasteiger partial charge in [-0.2, -0.15) is 0 Å². The van der Waals surface area contributed by atoms with Crippen molar-refractivity contribution in [2.75, 3.05) is 6.54 Å². The maximum absolute atomic E-state index is 13.6. The van der Waals surface area contributed by atoms with Crippen LogP contribution in [0.5, 0.6) is 0 Å². The van der Waals surface area contributed by atoms with Gasteiger partial charge in [-0.25, -0.2) is 4.98 Å². The van der Waals surface area contributed by atoms with Gasteiger partial charge in [0.15, 0.2) is 0 Å². The third-order valence-electron chi connectivity index (χ3n) is 6.28. The molecule has 4 aromatic rings. The van der Waals surface area contributed by atoms with Crippen molar-refractivity contribution < 1.29 is 9.32 Å². The molecule has 146 valence electrons. The molecule has 6 rings (SSSR count). The Balaban J connectivity index is 1.42. The normalized spacial score (nSPS) is 16.6. The Hall–Kier alpha value is -3.15. The Labute approximate surface area is 167 Å². The fourth-order valence-electron chi connectivity index (χ4n) is 4.54. The number of hydrogen-bond donors (Lipinski definition) is 1. The number of amides is 1. The fraction of sp³-hybridized carbons (Fsp3) is 0.348. The van der Waals surface area contributed by atoms with Gasteiger partial charge in [-0.05, 0) is 44.9 Å². The number of hydrogen-bond acceptors (Lipinski definition) is 4. The topological polar surface area (TPSA) is 75.0 Å². The van der Waals surface area contributed by atoms with E-state index in [9.17, 15) is 4.79 Å². The Morgan fingerprint density at radius 2 is 2.10 bits per heavy atom. The molecule has 0 spiro atoms. The second-order valence-corrected chi connectivity index (χ2v) is 8.42. The molecule has 4 heterocycles. The van der Waals surface area contributed by atoms with E-state index < -0.39 is 0 Å². The van der Waals surface area contributed by atoms with Gasteiger partial charge in [0, 0.05) is 53.3 Å². The molecule has 1 aliphatic heterocycles. The van der Waals surface area contributed by atoms with Crippen molar-refractivity contribution in [3.63, 3.8) is 0 Å². The number of carbonyl (C=O) groups excluding carboxylic acids is 1. The molecule has 1 N–H and O–H groups in total. The number of H-pyrrole nitrogens is 1. The van der Waals surface area contributed by atoms with Gasteiger partial charge in [0.25, 0.3) is 11.6 Å². The van der Waals surface area contributed by atoms with E-state index in [1.165, 1.54) is 22.2 Å². The van der Waals surface area contributed by atoms with E-state index in [0.29, 0.717) is 30.3 Å². The lowest BCUT2D eigenvalue weighted by Gasteiger charge is -2.27. The van der Waals surface area contributed by atoms with Crippen LogP contribution in [0.1, 0.15) is 57.3 Å². The number of fused-ring (bicyclic) bond motifs is 4. The molecule has 2 aliphatic rings. The summed E-state index contributed by atoms with van der Waals surface area (Å²) in [5, 5.41) is 6.04. The van der Waals surface area contributed by atoms with Crippen molar-refractivity contribution in [1.82, 2.24) is 20.0 Å². The van der Waals surface area contributed by atoms with Crippen molar-refractivity contribution >= 4 is 27.9 Å². The average Bonchev–Trinajstić information content (AvgIpc) is 3.43. The van der Waals surface area contributed by atoms with Crippen molar-refractivity contribution in [2.45, 2.75) is 45.6 Å². The standard InChI is InChI=1S/C23H22N4O2/c1-12-3-6-18-15(9-12)17-11-27(8-7-19(17)24-18)23(28)16-10-20(14-4-5-14)25-22-21(16)13(2)26-29-22/h3,6,9-10,14,24H,4-5,7-8,11H2,1-2H3. The summed E-state index contributed by atoms with van der Waals surface area (Å²) in [5.41, 5.74) is 7.69. The zero-order valence-corrected chi connectivity index (χ0v) is 16.6. The second kappa shape index (κ2) is 5.92. The largest absolute Gasteiger partial charge is 0.358 e. The number of nitrogens with one attached hydrogen (secondary N) is 1. The number of aryl methyl sites for hydroxylation is 2.